The van der Waals surface area contributed by atoms with Gasteiger partial charge in [-0.25, -0.2) is 0 Å². The summed E-state index contributed by atoms with van der Waals surface area (Å²) in [5.74, 6) is 0.228. The molecule has 4 rings (SSSR count). The van der Waals surface area contributed by atoms with Gasteiger partial charge in [0.05, 0.1) is 12.6 Å². The Kier molecular flexibility index (Phi) is 5.56. The highest BCUT2D eigenvalue weighted by Gasteiger charge is 2.34. The van der Waals surface area contributed by atoms with Crippen molar-refractivity contribution in [3.63, 3.8) is 0 Å². The number of fused-ring (bicyclic) bond motifs is 1. The van der Waals surface area contributed by atoms with E-state index < -0.39 is 6.04 Å². The van der Waals surface area contributed by atoms with Crippen molar-refractivity contribution in [2.75, 3.05) is 18.5 Å². The maximum atomic E-state index is 13.4. The Balaban J connectivity index is 1.79. The van der Waals surface area contributed by atoms with E-state index in [0.29, 0.717) is 28.6 Å². The topological polar surface area (TPSA) is 58.6 Å². The molecule has 5 nitrogen and oxygen atoms in total. The number of rotatable bonds is 4. The van der Waals surface area contributed by atoms with Crippen LogP contribution in [0.15, 0.2) is 60.0 Å². The molecule has 2 heterocycles. The Hall–Kier alpha value is -2.83. The van der Waals surface area contributed by atoms with Gasteiger partial charge in [-0.05, 0) is 60.8 Å². The zero-order chi connectivity index (χ0) is 20.4. The number of halogens is 1. The number of nitrogens with one attached hydrogen (secondary N) is 1. The Morgan fingerprint density at radius 3 is 2.72 bits per heavy atom. The van der Waals surface area contributed by atoms with Crippen LogP contribution in [0, 0.1) is 0 Å². The van der Waals surface area contributed by atoms with Gasteiger partial charge >= 0.3 is 0 Å². The van der Waals surface area contributed by atoms with Gasteiger partial charge in [-0.3, -0.25) is 9.59 Å². The van der Waals surface area contributed by atoms with Crippen LogP contribution in [-0.4, -0.2) is 29.9 Å². The van der Waals surface area contributed by atoms with Crippen LogP contribution >= 0.6 is 22.9 Å². The highest BCUT2D eigenvalue weighted by Crippen LogP contribution is 2.39. The molecule has 7 heteroatoms. The third-order valence-electron chi connectivity index (χ3n) is 4.69. The second kappa shape index (κ2) is 8.27. The highest BCUT2D eigenvalue weighted by atomic mass is 35.5. The quantitative estimate of drug-likeness (QED) is 0.639. The molecule has 1 unspecified atom stereocenters. The van der Waals surface area contributed by atoms with Gasteiger partial charge in [0.25, 0.3) is 5.91 Å². The standard InChI is InChI=1S/C22H19ClN2O3S/c1-2-28-16-8-5-14(6-9-16)22(27)25-13-20(26)24-18-10-7-15(23)12-17(18)21(25)19-4-3-11-29-19/h3-12,21H,2,13H2,1H3,(H,24,26). The maximum Gasteiger partial charge on any atom is 0.255 e. The highest BCUT2D eigenvalue weighted by molar-refractivity contribution is 7.10. The van der Waals surface area contributed by atoms with Gasteiger partial charge in [0.1, 0.15) is 12.3 Å². The summed E-state index contributed by atoms with van der Waals surface area (Å²) >= 11 is 7.80. The molecule has 2 amide bonds. The smallest absolute Gasteiger partial charge is 0.255 e. The Morgan fingerprint density at radius 2 is 2.03 bits per heavy atom. The third-order valence-corrected chi connectivity index (χ3v) is 5.85. The minimum absolute atomic E-state index is 0.0547. The lowest BCUT2D eigenvalue weighted by atomic mass is 10.0. The van der Waals surface area contributed by atoms with E-state index in [1.165, 1.54) is 11.3 Å². The lowest BCUT2D eigenvalue weighted by molar-refractivity contribution is -0.117. The summed E-state index contributed by atoms with van der Waals surface area (Å²) in [6, 6.07) is 15.8. The lowest BCUT2D eigenvalue weighted by Gasteiger charge is -2.29. The molecule has 0 saturated heterocycles. The maximum absolute atomic E-state index is 13.4. The minimum atomic E-state index is -0.415. The van der Waals surface area contributed by atoms with E-state index in [1.54, 1.807) is 41.3 Å². The van der Waals surface area contributed by atoms with E-state index in [1.807, 2.05) is 30.5 Å². The molecule has 0 saturated carbocycles. The van der Waals surface area contributed by atoms with Crippen molar-refractivity contribution in [3.8, 4) is 5.75 Å². The summed E-state index contributed by atoms with van der Waals surface area (Å²) in [4.78, 5) is 28.6. The van der Waals surface area contributed by atoms with Crippen LogP contribution < -0.4 is 10.1 Å². The van der Waals surface area contributed by atoms with E-state index in [2.05, 4.69) is 5.32 Å². The van der Waals surface area contributed by atoms with Crippen molar-refractivity contribution in [2.45, 2.75) is 13.0 Å². The van der Waals surface area contributed by atoms with E-state index in [0.717, 1.165) is 10.4 Å². The molecular weight excluding hydrogens is 408 g/mol. The average Bonchev–Trinajstić information content (AvgIpc) is 3.19. The molecular formula is C22H19ClN2O3S. The van der Waals surface area contributed by atoms with Crippen molar-refractivity contribution in [1.29, 1.82) is 0 Å². The molecule has 3 aromatic rings. The van der Waals surface area contributed by atoms with Crippen LogP contribution in [0.2, 0.25) is 5.02 Å². The van der Waals surface area contributed by atoms with Crippen molar-refractivity contribution >= 4 is 40.4 Å². The van der Waals surface area contributed by atoms with Crippen LogP contribution in [0.3, 0.4) is 0 Å². The second-order valence-corrected chi connectivity index (χ2v) is 8.00. The molecule has 1 aliphatic rings. The number of ether oxygens (including phenoxy) is 1. The molecule has 0 spiro atoms. The van der Waals surface area contributed by atoms with Crippen LogP contribution in [0.5, 0.6) is 5.75 Å². The van der Waals surface area contributed by atoms with Crippen molar-refractivity contribution in [3.05, 3.63) is 81.0 Å². The summed E-state index contributed by atoms with van der Waals surface area (Å²) in [5.41, 5.74) is 1.96. The third kappa shape index (κ3) is 3.99. The molecule has 148 valence electrons. The Morgan fingerprint density at radius 1 is 1.24 bits per heavy atom. The van der Waals surface area contributed by atoms with Gasteiger partial charge in [0, 0.05) is 26.7 Å². The van der Waals surface area contributed by atoms with Gasteiger partial charge in [0.15, 0.2) is 0 Å². The van der Waals surface area contributed by atoms with E-state index >= 15 is 0 Å². The predicted octanol–water partition coefficient (Wildman–Crippen LogP) is 4.98. The van der Waals surface area contributed by atoms with Crippen LogP contribution in [0.4, 0.5) is 5.69 Å². The molecule has 1 aliphatic heterocycles. The fraction of sp³-hybridized carbons (Fsp3) is 0.182. The summed E-state index contributed by atoms with van der Waals surface area (Å²) in [6.45, 7) is 2.40. The fourth-order valence-corrected chi connectivity index (χ4v) is 4.48. The van der Waals surface area contributed by atoms with E-state index in [-0.39, 0.29) is 18.4 Å². The van der Waals surface area contributed by atoms with Crippen LogP contribution in [0.1, 0.15) is 33.8 Å². The number of carbonyl (C=O) groups is 2. The molecule has 0 fully saturated rings. The van der Waals surface area contributed by atoms with E-state index in [9.17, 15) is 9.59 Å². The van der Waals surface area contributed by atoms with Crippen molar-refractivity contribution in [2.24, 2.45) is 0 Å². The van der Waals surface area contributed by atoms with Gasteiger partial charge in [-0.1, -0.05) is 17.7 Å². The number of amides is 2. The summed E-state index contributed by atoms with van der Waals surface area (Å²) < 4.78 is 5.46. The molecule has 1 aromatic heterocycles. The molecule has 29 heavy (non-hydrogen) atoms. The number of thiophene rings is 1. The molecule has 2 aromatic carbocycles. The van der Waals surface area contributed by atoms with Gasteiger partial charge in [-0.15, -0.1) is 11.3 Å². The summed E-state index contributed by atoms with van der Waals surface area (Å²) in [5, 5.41) is 5.41. The fourth-order valence-electron chi connectivity index (χ4n) is 3.45. The zero-order valence-corrected chi connectivity index (χ0v) is 17.3. The first-order valence-electron chi connectivity index (χ1n) is 9.23. The number of anilines is 1. The first-order chi connectivity index (χ1) is 14.1. The first-order valence-corrected chi connectivity index (χ1v) is 10.5. The average molecular weight is 427 g/mol. The first kappa shape index (κ1) is 19.5. The second-order valence-electron chi connectivity index (χ2n) is 6.59. The number of carbonyl (C=O) groups excluding carboxylic acids is 2. The van der Waals surface area contributed by atoms with Gasteiger partial charge < -0.3 is 15.0 Å². The molecule has 1 N–H and O–H groups in total. The number of hydrogen-bond acceptors (Lipinski definition) is 4. The molecule has 0 radical (unpaired) electrons. The molecule has 0 aliphatic carbocycles. The summed E-state index contributed by atoms with van der Waals surface area (Å²) in [7, 11) is 0. The van der Waals surface area contributed by atoms with Gasteiger partial charge in [0.2, 0.25) is 5.91 Å². The largest absolute Gasteiger partial charge is 0.494 e. The Labute approximate surface area is 177 Å². The lowest BCUT2D eigenvalue weighted by Crippen LogP contribution is -2.38. The Bertz CT molecular complexity index is 1030. The molecule has 0 bridgehead atoms. The summed E-state index contributed by atoms with van der Waals surface area (Å²) in [6.07, 6.45) is 0. The number of hydrogen-bond donors (Lipinski definition) is 1. The molecule has 1 atom stereocenters. The van der Waals surface area contributed by atoms with E-state index in [4.69, 9.17) is 16.3 Å². The SMILES string of the molecule is CCOc1ccc(C(=O)N2CC(=O)Nc3ccc(Cl)cc3C2c2cccs2)cc1. The monoisotopic (exact) mass is 426 g/mol. The van der Waals surface area contributed by atoms with Crippen LogP contribution in [0.25, 0.3) is 0 Å². The minimum Gasteiger partial charge on any atom is -0.494 e. The number of nitrogens with zero attached hydrogens (tertiary/aromatic N) is 1. The van der Waals surface area contributed by atoms with Gasteiger partial charge in [-0.2, -0.15) is 0 Å². The van der Waals surface area contributed by atoms with Crippen LogP contribution in [-0.2, 0) is 4.79 Å². The van der Waals surface area contributed by atoms with Crippen molar-refractivity contribution in [1.82, 2.24) is 4.90 Å². The number of benzene rings is 2. The predicted molar refractivity (Wildman–Crippen MR) is 115 cm³/mol. The normalized spacial score (nSPS) is 16.0. The zero-order valence-electron chi connectivity index (χ0n) is 15.7. The van der Waals surface area contributed by atoms with Crippen molar-refractivity contribution < 1.29 is 14.3 Å².